The van der Waals surface area contributed by atoms with Crippen molar-refractivity contribution in [3.63, 3.8) is 0 Å². The first-order valence-electron chi connectivity index (χ1n) is 5.34. The summed E-state index contributed by atoms with van der Waals surface area (Å²) < 4.78 is 26.8. The molecule has 100 valence electrons. The molecular formula is C13H9Cl2F2NO. The van der Waals surface area contributed by atoms with Crippen molar-refractivity contribution in [2.75, 3.05) is 5.32 Å². The summed E-state index contributed by atoms with van der Waals surface area (Å²) in [5.74, 6) is -1.50. The average molecular weight is 304 g/mol. The highest BCUT2D eigenvalue weighted by atomic mass is 35.5. The summed E-state index contributed by atoms with van der Waals surface area (Å²) in [7, 11) is 0. The maximum absolute atomic E-state index is 13.4. The van der Waals surface area contributed by atoms with Crippen LogP contribution in [0.1, 0.15) is 5.56 Å². The molecule has 0 saturated carbocycles. The molecule has 0 spiro atoms. The molecular weight excluding hydrogens is 295 g/mol. The Morgan fingerprint density at radius 1 is 1.05 bits per heavy atom. The van der Waals surface area contributed by atoms with Gasteiger partial charge in [-0.3, -0.25) is 0 Å². The summed E-state index contributed by atoms with van der Waals surface area (Å²) in [5, 5.41) is 12.3. The van der Waals surface area contributed by atoms with Gasteiger partial charge < -0.3 is 10.4 Å². The normalized spacial score (nSPS) is 10.5. The van der Waals surface area contributed by atoms with E-state index >= 15 is 0 Å². The maximum Gasteiger partial charge on any atom is 0.152 e. The summed E-state index contributed by atoms with van der Waals surface area (Å²) in [6.07, 6.45) is 0. The van der Waals surface area contributed by atoms with Gasteiger partial charge in [-0.05, 0) is 24.3 Å². The lowest BCUT2D eigenvalue weighted by atomic mass is 10.2. The van der Waals surface area contributed by atoms with E-state index in [1.807, 2.05) is 0 Å². The number of hydrogen-bond acceptors (Lipinski definition) is 2. The third-order valence-electron chi connectivity index (χ3n) is 2.55. The molecule has 0 fully saturated rings. The van der Waals surface area contributed by atoms with E-state index in [-0.39, 0.29) is 27.9 Å². The molecule has 2 rings (SSSR count). The van der Waals surface area contributed by atoms with Gasteiger partial charge in [-0.1, -0.05) is 29.3 Å². The van der Waals surface area contributed by atoms with Crippen LogP contribution in [0, 0.1) is 11.6 Å². The molecule has 0 aliphatic carbocycles. The minimum Gasteiger partial charge on any atom is -0.505 e. The van der Waals surface area contributed by atoms with Crippen LogP contribution in [0.15, 0.2) is 30.3 Å². The highest BCUT2D eigenvalue weighted by Gasteiger charge is 2.10. The lowest BCUT2D eigenvalue weighted by Gasteiger charge is -2.10. The molecule has 19 heavy (non-hydrogen) atoms. The van der Waals surface area contributed by atoms with Crippen LogP contribution in [0.5, 0.6) is 5.75 Å². The second-order valence-electron chi connectivity index (χ2n) is 3.84. The number of rotatable bonds is 3. The largest absolute Gasteiger partial charge is 0.505 e. The first-order valence-corrected chi connectivity index (χ1v) is 6.09. The van der Waals surface area contributed by atoms with Crippen LogP contribution < -0.4 is 5.32 Å². The molecule has 2 N–H and O–H groups in total. The van der Waals surface area contributed by atoms with Crippen LogP contribution in [0.2, 0.25) is 10.0 Å². The molecule has 0 heterocycles. The molecule has 0 unspecified atom stereocenters. The topological polar surface area (TPSA) is 32.3 Å². The molecule has 2 aromatic rings. The van der Waals surface area contributed by atoms with Crippen molar-refractivity contribution in [3.8, 4) is 5.75 Å². The van der Waals surface area contributed by atoms with Crippen LogP contribution in [0.3, 0.4) is 0 Å². The Kier molecular flexibility index (Phi) is 4.12. The molecule has 0 amide bonds. The van der Waals surface area contributed by atoms with Crippen LogP contribution in [-0.2, 0) is 6.54 Å². The van der Waals surface area contributed by atoms with E-state index in [0.29, 0.717) is 5.69 Å². The van der Waals surface area contributed by atoms with Crippen LogP contribution >= 0.6 is 23.2 Å². The summed E-state index contributed by atoms with van der Waals surface area (Å²) in [6, 6.07) is 6.49. The fourth-order valence-electron chi connectivity index (χ4n) is 1.56. The quantitative estimate of drug-likeness (QED) is 0.813. The number of halogens is 4. The molecule has 0 aliphatic heterocycles. The Morgan fingerprint density at radius 3 is 2.11 bits per heavy atom. The predicted octanol–water partition coefficient (Wildman–Crippen LogP) is 4.59. The molecule has 2 aromatic carbocycles. The van der Waals surface area contributed by atoms with Gasteiger partial charge in [0.1, 0.15) is 11.6 Å². The highest BCUT2D eigenvalue weighted by Crippen LogP contribution is 2.34. The number of benzene rings is 2. The Bertz CT molecular complexity index is 576. The van der Waals surface area contributed by atoms with Crippen molar-refractivity contribution in [3.05, 3.63) is 57.6 Å². The summed E-state index contributed by atoms with van der Waals surface area (Å²) >= 11 is 11.5. The molecule has 0 saturated heterocycles. The zero-order valence-corrected chi connectivity index (χ0v) is 11.1. The SMILES string of the molecule is Oc1c(Cl)cc(NCc2c(F)cccc2F)cc1Cl. The van der Waals surface area contributed by atoms with Gasteiger partial charge in [0.2, 0.25) is 0 Å². The van der Waals surface area contributed by atoms with Crippen LogP contribution in [-0.4, -0.2) is 5.11 Å². The van der Waals surface area contributed by atoms with Gasteiger partial charge in [0.15, 0.2) is 5.75 Å². The third-order valence-corrected chi connectivity index (χ3v) is 3.12. The Balaban J connectivity index is 2.19. The van der Waals surface area contributed by atoms with Crippen molar-refractivity contribution < 1.29 is 13.9 Å². The lowest BCUT2D eigenvalue weighted by molar-refractivity contribution is 0.476. The third kappa shape index (κ3) is 3.08. The zero-order chi connectivity index (χ0) is 14.0. The van der Waals surface area contributed by atoms with Gasteiger partial charge in [0, 0.05) is 17.8 Å². The van der Waals surface area contributed by atoms with E-state index in [1.165, 1.54) is 30.3 Å². The Hall–Kier alpha value is -1.52. The fourth-order valence-corrected chi connectivity index (χ4v) is 2.05. The Morgan fingerprint density at radius 2 is 1.58 bits per heavy atom. The van der Waals surface area contributed by atoms with Gasteiger partial charge in [0.25, 0.3) is 0 Å². The van der Waals surface area contributed by atoms with Crippen molar-refractivity contribution >= 4 is 28.9 Å². The van der Waals surface area contributed by atoms with Crippen molar-refractivity contribution in [2.45, 2.75) is 6.54 Å². The summed E-state index contributed by atoms with van der Waals surface area (Å²) in [5.41, 5.74) is 0.373. The van der Waals surface area contributed by atoms with Gasteiger partial charge in [-0.2, -0.15) is 0 Å². The second-order valence-corrected chi connectivity index (χ2v) is 4.66. The minimum atomic E-state index is -0.636. The second kappa shape index (κ2) is 5.63. The van der Waals surface area contributed by atoms with Gasteiger partial charge in [-0.25, -0.2) is 8.78 Å². The number of phenolic OH excluding ortho intramolecular Hbond substituents is 1. The number of phenols is 1. The standard InChI is InChI=1S/C13H9Cl2F2NO/c14-9-4-7(5-10(15)13(9)19)18-6-8-11(16)2-1-3-12(8)17/h1-5,18-19H,6H2. The highest BCUT2D eigenvalue weighted by molar-refractivity contribution is 6.37. The molecule has 0 radical (unpaired) electrons. The molecule has 6 heteroatoms. The summed E-state index contributed by atoms with van der Waals surface area (Å²) in [6.45, 7) is -0.0596. The molecule has 0 bridgehead atoms. The van der Waals surface area contributed by atoms with E-state index in [4.69, 9.17) is 23.2 Å². The van der Waals surface area contributed by atoms with Gasteiger partial charge >= 0.3 is 0 Å². The van der Waals surface area contributed by atoms with E-state index in [1.54, 1.807) is 0 Å². The number of hydrogen-bond donors (Lipinski definition) is 2. The Labute approximate surface area is 118 Å². The number of anilines is 1. The van der Waals surface area contributed by atoms with Crippen molar-refractivity contribution in [2.24, 2.45) is 0 Å². The predicted molar refractivity (Wildman–Crippen MR) is 71.8 cm³/mol. The maximum atomic E-state index is 13.4. The fraction of sp³-hybridized carbons (Fsp3) is 0.0769. The van der Waals surface area contributed by atoms with E-state index in [0.717, 1.165) is 0 Å². The van der Waals surface area contributed by atoms with Crippen molar-refractivity contribution in [1.29, 1.82) is 0 Å². The van der Waals surface area contributed by atoms with E-state index in [9.17, 15) is 13.9 Å². The lowest BCUT2D eigenvalue weighted by Crippen LogP contribution is -2.04. The van der Waals surface area contributed by atoms with Crippen molar-refractivity contribution in [1.82, 2.24) is 0 Å². The molecule has 2 nitrogen and oxygen atoms in total. The minimum absolute atomic E-state index is 0.0593. The van der Waals surface area contributed by atoms with Crippen LogP contribution in [0.4, 0.5) is 14.5 Å². The average Bonchev–Trinajstić information content (AvgIpc) is 2.35. The first kappa shape index (κ1) is 13.9. The number of aromatic hydroxyl groups is 1. The molecule has 0 aliphatic rings. The van der Waals surface area contributed by atoms with E-state index in [2.05, 4.69) is 5.32 Å². The monoisotopic (exact) mass is 303 g/mol. The first-order chi connectivity index (χ1) is 8.99. The van der Waals surface area contributed by atoms with Gasteiger partial charge in [-0.15, -0.1) is 0 Å². The van der Waals surface area contributed by atoms with E-state index < -0.39 is 11.6 Å². The molecule has 0 aromatic heterocycles. The zero-order valence-electron chi connectivity index (χ0n) is 9.55. The van der Waals surface area contributed by atoms with Gasteiger partial charge in [0.05, 0.1) is 10.0 Å². The van der Waals surface area contributed by atoms with Crippen LogP contribution in [0.25, 0.3) is 0 Å². The summed E-state index contributed by atoms with van der Waals surface area (Å²) in [4.78, 5) is 0. The smallest absolute Gasteiger partial charge is 0.152 e. The molecule has 0 atom stereocenters. The number of nitrogens with one attached hydrogen (secondary N) is 1.